The summed E-state index contributed by atoms with van der Waals surface area (Å²) >= 11 is 0. The summed E-state index contributed by atoms with van der Waals surface area (Å²) < 4.78 is 24.3. The van der Waals surface area contributed by atoms with Crippen LogP contribution in [-0.2, 0) is 6.42 Å². The fourth-order valence-electron chi connectivity index (χ4n) is 5.89. The lowest BCUT2D eigenvalue weighted by atomic mass is 9.86. The Morgan fingerprint density at radius 2 is 1.77 bits per heavy atom. The van der Waals surface area contributed by atoms with Crippen LogP contribution in [0.1, 0.15) is 71.3 Å². The smallest absolute Gasteiger partial charge is 0.335 e. The number of carbonyl (C=O) groups is 1. The molecule has 0 radical (unpaired) electrons. The van der Waals surface area contributed by atoms with Crippen LogP contribution in [0.2, 0.25) is 0 Å². The fraction of sp³-hybridized carbons (Fsp3) is 0.382. The van der Waals surface area contributed by atoms with E-state index < -0.39 is 5.97 Å². The summed E-state index contributed by atoms with van der Waals surface area (Å²) in [6.07, 6.45) is 4.26. The second-order valence-electron chi connectivity index (χ2n) is 10.5. The van der Waals surface area contributed by atoms with Crippen LogP contribution in [0.15, 0.2) is 60.7 Å². The molecule has 0 spiro atoms. The Labute approximate surface area is 237 Å². The normalized spacial score (nSPS) is 17.1. The first-order valence-electron chi connectivity index (χ1n) is 13.8. The summed E-state index contributed by atoms with van der Waals surface area (Å²) in [5.41, 5.74) is 8.25. The molecule has 212 valence electrons. The lowest BCUT2D eigenvalue weighted by Gasteiger charge is -2.20. The van der Waals surface area contributed by atoms with Crippen LogP contribution in [0.3, 0.4) is 0 Å². The minimum atomic E-state index is -0.907. The third-order valence-electron chi connectivity index (χ3n) is 7.84. The van der Waals surface area contributed by atoms with Gasteiger partial charge in [0.2, 0.25) is 0 Å². The molecule has 0 amide bonds. The Kier molecular flexibility index (Phi) is 9.64. The third kappa shape index (κ3) is 6.39. The number of aryl methyl sites for hydroxylation is 2. The van der Waals surface area contributed by atoms with Crippen molar-refractivity contribution in [3.05, 3.63) is 94.0 Å². The second kappa shape index (κ2) is 13.1. The van der Waals surface area contributed by atoms with Crippen LogP contribution in [0.5, 0.6) is 11.5 Å². The van der Waals surface area contributed by atoms with E-state index in [1.807, 2.05) is 30.3 Å². The molecule has 5 rings (SSSR count). The number of allylic oxidation sites excluding steroid dienone is 1. The average molecular weight is 546 g/mol. The minimum absolute atomic E-state index is 0. The number of nitrogens with zero attached hydrogens (tertiary/aromatic N) is 1. The maximum atomic E-state index is 12.6. The first-order chi connectivity index (χ1) is 19.0. The Hall–Kier alpha value is -3.64. The molecular weight excluding hydrogens is 505 g/mol. The second-order valence-corrected chi connectivity index (χ2v) is 10.5. The highest BCUT2D eigenvalue weighted by Gasteiger charge is 2.25. The highest BCUT2D eigenvalue weighted by Crippen LogP contribution is 2.42. The Balaban J connectivity index is 0.00000370. The van der Waals surface area contributed by atoms with E-state index in [-0.39, 0.29) is 20.2 Å². The molecule has 1 heterocycles. The van der Waals surface area contributed by atoms with E-state index in [0.29, 0.717) is 12.0 Å². The molecule has 6 heteroatoms. The number of aromatic carboxylic acids is 1. The van der Waals surface area contributed by atoms with Gasteiger partial charge in [-0.15, -0.1) is 0 Å². The predicted octanol–water partition coefficient (Wildman–Crippen LogP) is 7.45. The van der Waals surface area contributed by atoms with Crippen molar-refractivity contribution in [2.75, 3.05) is 33.4 Å². The van der Waals surface area contributed by atoms with Crippen molar-refractivity contribution in [3.63, 3.8) is 0 Å². The first-order valence-corrected chi connectivity index (χ1v) is 13.8. The number of rotatable bonds is 9. The molecule has 0 saturated carbocycles. The molecular formula is C34H40FNO4. The lowest BCUT2D eigenvalue weighted by molar-refractivity contribution is 0.0696. The fourth-order valence-corrected chi connectivity index (χ4v) is 5.89. The zero-order valence-electron chi connectivity index (χ0n) is 22.7. The number of fused-ring (bicyclic) bond motifs is 1. The summed E-state index contributed by atoms with van der Waals surface area (Å²) in [6, 6.07) is 20.0. The Bertz CT molecular complexity index is 1360. The Morgan fingerprint density at radius 1 is 1.02 bits per heavy atom. The van der Waals surface area contributed by atoms with Crippen LogP contribution in [-0.4, -0.2) is 55.5 Å². The molecule has 1 aliphatic carbocycles. The minimum Gasteiger partial charge on any atom is -0.497 e. The number of halogens is 1. The summed E-state index contributed by atoms with van der Waals surface area (Å²) in [4.78, 5) is 14.0. The van der Waals surface area contributed by atoms with Crippen molar-refractivity contribution in [2.45, 2.75) is 52.6 Å². The van der Waals surface area contributed by atoms with Crippen molar-refractivity contribution in [2.24, 2.45) is 0 Å². The van der Waals surface area contributed by atoms with Gasteiger partial charge in [0.1, 0.15) is 17.6 Å². The number of hydrogen-bond acceptors (Lipinski definition) is 4. The van der Waals surface area contributed by atoms with Gasteiger partial charge in [0.25, 0.3) is 0 Å². The molecule has 1 N–H and O–H groups in total. The summed E-state index contributed by atoms with van der Waals surface area (Å²) in [5.74, 6) is 0.750. The van der Waals surface area contributed by atoms with Crippen molar-refractivity contribution >= 4 is 17.1 Å². The standard InChI is InChI=1S/C33H36FNO4.CH4/c1-22-19-27(38-2)12-14-29(22)31-6-3-5-24-20-25(33(36)37)9-13-30(24)32(31)23-7-10-26(11-8-23)39-28-15-18-35(21-28)17-4-16-34;/h7-14,19-20,28H,3-6,15-18,21H2,1-2H3,(H,36,37);1H4/t28-;/m0./s1. The molecule has 1 aliphatic heterocycles. The molecule has 0 unspecified atom stereocenters. The molecule has 0 bridgehead atoms. The molecule has 1 atom stereocenters. The molecule has 2 aliphatic rings. The van der Waals surface area contributed by atoms with Gasteiger partial charge in [-0.3, -0.25) is 9.29 Å². The van der Waals surface area contributed by atoms with Crippen LogP contribution in [0.25, 0.3) is 11.1 Å². The number of alkyl halides is 1. The van der Waals surface area contributed by atoms with E-state index in [0.717, 1.165) is 84.6 Å². The summed E-state index contributed by atoms with van der Waals surface area (Å²) in [7, 11) is 1.68. The van der Waals surface area contributed by atoms with E-state index in [1.54, 1.807) is 13.2 Å². The van der Waals surface area contributed by atoms with Crippen molar-refractivity contribution < 1.29 is 23.8 Å². The van der Waals surface area contributed by atoms with Crippen LogP contribution >= 0.6 is 0 Å². The van der Waals surface area contributed by atoms with E-state index in [1.165, 1.54) is 11.1 Å². The predicted molar refractivity (Wildman–Crippen MR) is 159 cm³/mol. The van der Waals surface area contributed by atoms with E-state index in [9.17, 15) is 14.3 Å². The van der Waals surface area contributed by atoms with E-state index in [2.05, 4.69) is 36.1 Å². The SMILES string of the molecule is C.COc1ccc(C2=C(c3ccc(O[C@H]4CCN(CCCF)C4)cc3)c3ccc(C(=O)O)cc3CCC2)c(C)c1. The molecule has 1 saturated heterocycles. The van der Waals surface area contributed by atoms with Gasteiger partial charge in [-0.2, -0.15) is 0 Å². The lowest BCUT2D eigenvalue weighted by Crippen LogP contribution is -2.26. The van der Waals surface area contributed by atoms with Gasteiger partial charge in [0.05, 0.1) is 19.3 Å². The summed E-state index contributed by atoms with van der Waals surface area (Å²) in [5, 5.41) is 9.60. The van der Waals surface area contributed by atoms with Gasteiger partial charge in [-0.25, -0.2) is 4.79 Å². The van der Waals surface area contributed by atoms with Crippen molar-refractivity contribution in [1.29, 1.82) is 0 Å². The zero-order valence-corrected chi connectivity index (χ0v) is 22.7. The van der Waals surface area contributed by atoms with Gasteiger partial charge in [0.15, 0.2) is 0 Å². The van der Waals surface area contributed by atoms with Gasteiger partial charge in [-0.05, 0) is 114 Å². The molecule has 3 aromatic carbocycles. The molecule has 1 fully saturated rings. The molecule has 3 aromatic rings. The van der Waals surface area contributed by atoms with Gasteiger partial charge < -0.3 is 14.6 Å². The van der Waals surface area contributed by atoms with Gasteiger partial charge in [0, 0.05) is 19.6 Å². The number of hydrogen-bond donors (Lipinski definition) is 1. The van der Waals surface area contributed by atoms with Crippen molar-refractivity contribution in [1.82, 2.24) is 4.90 Å². The number of carboxylic acid groups (broad SMARTS) is 1. The van der Waals surface area contributed by atoms with Gasteiger partial charge >= 0.3 is 5.97 Å². The molecule has 0 aromatic heterocycles. The van der Waals surface area contributed by atoms with Crippen LogP contribution in [0, 0.1) is 6.92 Å². The van der Waals surface area contributed by atoms with Gasteiger partial charge in [-0.1, -0.05) is 31.7 Å². The van der Waals surface area contributed by atoms with Crippen molar-refractivity contribution in [3.8, 4) is 11.5 Å². The number of carboxylic acids is 1. The number of ether oxygens (including phenoxy) is 2. The largest absolute Gasteiger partial charge is 0.497 e. The quantitative estimate of drug-likeness (QED) is 0.303. The highest BCUT2D eigenvalue weighted by molar-refractivity contribution is 6.01. The zero-order chi connectivity index (χ0) is 27.4. The van der Waals surface area contributed by atoms with E-state index in [4.69, 9.17) is 9.47 Å². The first kappa shape index (κ1) is 29.3. The number of benzene rings is 3. The Morgan fingerprint density at radius 3 is 2.48 bits per heavy atom. The third-order valence-corrected chi connectivity index (χ3v) is 7.84. The molecule has 40 heavy (non-hydrogen) atoms. The highest BCUT2D eigenvalue weighted by atomic mass is 19.1. The monoisotopic (exact) mass is 545 g/mol. The topological polar surface area (TPSA) is 59.0 Å². The summed E-state index contributed by atoms with van der Waals surface area (Å²) in [6.45, 7) is 4.37. The maximum absolute atomic E-state index is 12.6. The average Bonchev–Trinajstić information content (AvgIpc) is 3.30. The maximum Gasteiger partial charge on any atom is 0.335 e. The van der Waals surface area contributed by atoms with Crippen LogP contribution < -0.4 is 9.47 Å². The number of likely N-dealkylation sites (tertiary alicyclic amines) is 1. The number of methoxy groups -OCH3 is 1. The van der Waals surface area contributed by atoms with E-state index >= 15 is 0 Å². The van der Waals surface area contributed by atoms with Crippen LogP contribution in [0.4, 0.5) is 4.39 Å². The molecule has 5 nitrogen and oxygen atoms in total.